The maximum absolute atomic E-state index is 0. The van der Waals surface area contributed by atoms with Gasteiger partial charge in [0.2, 0.25) is 0 Å². The van der Waals surface area contributed by atoms with Gasteiger partial charge in [0.1, 0.15) is 0 Å². The minimum absolute atomic E-state index is 0. The molecule has 0 aliphatic heterocycles. The molecule has 0 amide bonds. The summed E-state index contributed by atoms with van der Waals surface area (Å²) in [4.78, 5) is 0. The molecule has 0 fully saturated rings. The number of rotatable bonds is 0. The second kappa shape index (κ2) is 66.8. The van der Waals surface area contributed by atoms with Crippen LogP contribution in [0.5, 0.6) is 0 Å². The first-order valence-corrected chi connectivity index (χ1v) is 0. The Kier molecular flexibility index (Phi) is 901. The van der Waals surface area contributed by atoms with E-state index in [1.54, 1.807) is 0 Å². The van der Waals surface area contributed by atoms with Gasteiger partial charge in [-0.05, 0) is 0 Å². The predicted molar refractivity (Wildman–Crippen MR) is 42.0 cm³/mol. The van der Waals surface area contributed by atoms with Gasteiger partial charge in [0.25, 0.3) is 0 Å². The van der Waals surface area contributed by atoms with Gasteiger partial charge >= 0.3 is 43.6 Å². The molecule has 0 radical (unpaired) electrons. The van der Waals surface area contributed by atoms with Crippen LogP contribution in [-0.4, -0.2) is 17.4 Å². The van der Waals surface area contributed by atoms with Crippen molar-refractivity contribution in [3.8, 4) is 0 Å². The molecule has 0 aliphatic carbocycles. The first kappa shape index (κ1) is 94.4. The molecular weight excluding hydrogens is 295 g/mol. The van der Waals surface area contributed by atoms with Crippen molar-refractivity contribution in [1.82, 2.24) is 0 Å². The molecule has 0 aromatic heterocycles. The molecule has 0 atom stereocenters. The molecule has 0 aliphatic rings. The van der Waals surface area contributed by atoms with Crippen LogP contribution in [0.1, 0.15) is 0 Å². The van der Waals surface area contributed by atoms with Gasteiger partial charge in [-0.15, -0.1) is 62.0 Å². The average molecular weight is 301 g/mol. The zero-order chi connectivity index (χ0) is 0. The monoisotopic (exact) mass is 297 g/mol. The van der Waals surface area contributed by atoms with E-state index in [1.165, 1.54) is 0 Å². The Morgan fingerprint density at radius 1 is 0.429 bits per heavy atom. The fourth-order valence-corrected chi connectivity index (χ4v) is 0. The second-order valence-corrected chi connectivity index (χ2v) is 0. The van der Waals surface area contributed by atoms with Crippen LogP contribution in [0.25, 0.3) is 0 Å². The summed E-state index contributed by atoms with van der Waals surface area (Å²) < 4.78 is 0. The molecule has 0 nitrogen and oxygen atoms in total. The molecule has 0 bridgehead atoms. The van der Waals surface area contributed by atoms with Gasteiger partial charge in [-0.1, -0.05) is 0 Å². The number of halogens is 5. The Balaban J connectivity index is 0. The van der Waals surface area contributed by atoms with E-state index in [2.05, 4.69) is 0 Å². The first-order chi connectivity index (χ1) is 0. The maximum Gasteiger partial charge on any atom is 3.00 e. The van der Waals surface area contributed by atoms with E-state index in [0.29, 0.717) is 0 Å². The third kappa shape index (κ3) is 50.9. The first-order valence-electron chi connectivity index (χ1n) is 0. The van der Waals surface area contributed by atoms with E-state index in [4.69, 9.17) is 0 Å². The summed E-state index contributed by atoms with van der Waals surface area (Å²) in [6.45, 7) is 0. The zero-order valence-corrected chi connectivity index (χ0v) is 10.8. The minimum atomic E-state index is 0. The molecule has 7 heavy (non-hydrogen) atoms. The average Bonchev–Trinajstić information content (AvgIpc) is 0. The Morgan fingerprint density at radius 2 is 0.429 bits per heavy atom. The fourth-order valence-electron chi connectivity index (χ4n) is 0. The van der Waals surface area contributed by atoms with Crippen molar-refractivity contribution in [3.63, 3.8) is 0 Å². The van der Waals surface area contributed by atoms with Crippen LogP contribution < -0.4 is 0 Å². The summed E-state index contributed by atoms with van der Waals surface area (Å²) >= 11 is 0. The predicted octanol–water partition coefficient (Wildman–Crippen LogP) is 1.73. The molecule has 0 saturated heterocycles. The third-order valence-corrected chi connectivity index (χ3v) is 0. The van der Waals surface area contributed by atoms with Crippen molar-refractivity contribution in [2.24, 2.45) is 0 Å². The van der Waals surface area contributed by atoms with Crippen molar-refractivity contribution in [2.75, 3.05) is 0 Å². The van der Waals surface area contributed by atoms with Gasteiger partial charge in [-0.25, -0.2) is 0 Å². The molecule has 0 rings (SSSR count). The van der Waals surface area contributed by atoms with Gasteiger partial charge in [0.05, 0.1) is 0 Å². The van der Waals surface area contributed by atoms with E-state index < -0.39 is 0 Å². The standard InChI is InChI=1S/Al.5ClH.Zr/h;5*1H;/q+3;;;;;;+2. The Hall–Kier alpha value is 2.87. The Labute approximate surface area is 104 Å². The van der Waals surface area contributed by atoms with E-state index in [1.807, 2.05) is 0 Å². The Bertz CT molecular complexity index is 8.04. The summed E-state index contributed by atoms with van der Waals surface area (Å²) in [6.07, 6.45) is 0. The van der Waals surface area contributed by atoms with Crippen molar-refractivity contribution in [2.45, 2.75) is 0 Å². The maximum atomic E-state index is 0. The van der Waals surface area contributed by atoms with Crippen LogP contribution in [-0.2, 0) is 26.2 Å². The van der Waals surface area contributed by atoms with Crippen molar-refractivity contribution < 1.29 is 26.2 Å². The quantitative estimate of drug-likeness (QED) is 0.598. The number of hydrogen-bond acceptors (Lipinski definition) is 0. The summed E-state index contributed by atoms with van der Waals surface area (Å²) in [7, 11) is 0. The van der Waals surface area contributed by atoms with E-state index in [0.717, 1.165) is 0 Å². The van der Waals surface area contributed by atoms with Crippen LogP contribution >= 0.6 is 62.0 Å². The van der Waals surface area contributed by atoms with Crippen LogP contribution in [0.3, 0.4) is 0 Å². The summed E-state index contributed by atoms with van der Waals surface area (Å²) in [5.74, 6) is 0. The van der Waals surface area contributed by atoms with Crippen molar-refractivity contribution >= 4 is 79.4 Å². The van der Waals surface area contributed by atoms with Gasteiger partial charge in [0.15, 0.2) is 0 Å². The minimum Gasteiger partial charge on any atom is -0.147 e. The van der Waals surface area contributed by atoms with Gasteiger partial charge in [-0.2, -0.15) is 0 Å². The third-order valence-electron chi connectivity index (χ3n) is 0. The van der Waals surface area contributed by atoms with E-state index in [9.17, 15) is 0 Å². The molecule has 7 heteroatoms. The molecule has 0 spiro atoms. The molecular formula is H5AlCl5Zr+5. The van der Waals surface area contributed by atoms with E-state index in [-0.39, 0.29) is 106 Å². The summed E-state index contributed by atoms with van der Waals surface area (Å²) in [5, 5.41) is 0. The molecule has 0 N–H and O–H groups in total. The number of hydrogen-bond donors (Lipinski definition) is 0. The van der Waals surface area contributed by atoms with Gasteiger partial charge < -0.3 is 0 Å². The second-order valence-electron chi connectivity index (χ2n) is 0. The Morgan fingerprint density at radius 3 is 0.429 bits per heavy atom. The van der Waals surface area contributed by atoms with Gasteiger partial charge in [0, 0.05) is 0 Å². The smallest absolute Gasteiger partial charge is 0.147 e. The molecule has 0 saturated carbocycles. The normalized spacial score (nSPS) is 0. The van der Waals surface area contributed by atoms with Crippen LogP contribution in [0.15, 0.2) is 0 Å². The van der Waals surface area contributed by atoms with Crippen LogP contribution in [0, 0.1) is 0 Å². The largest absolute Gasteiger partial charge is 3.00 e. The molecule has 0 unspecified atom stereocenters. The SMILES string of the molecule is Cl.Cl.Cl.Cl.Cl.[Al+3].[Zr+2]. The topological polar surface area (TPSA) is 0 Å². The van der Waals surface area contributed by atoms with Crippen molar-refractivity contribution in [3.05, 3.63) is 0 Å². The zero-order valence-electron chi connectivity index (χ0n) is 3.12. The molecule has 0 heterocycles. The summed E-state index contributed by atoms with van der Waals surface area (Å²) in [5.41, 5.74) is 0. The summed E-state index contributed by atoms with van der Waals surface area (Å²) in [6, 6.07) is 0. The van der Waals surface area contributed by atoms with Gasteiger partial charge in [-0.3, -0.25) is 0 Å². The fraction of sp³-hybridized carbons (Fsp3) is 0. The van der Waals surface area contributed by atoms with Crippen LogP contribution in [0.2, 0.25) is 0 Å². The molecule has 0 aromatic rings. The van der Waals surface area contributed by atoms with Crippen LogP contribution in [0.4, 0.5) is 0 Å². The molecule has 42 valence electrons. The van der Waals surface area contributed by atoms with E-state index >= 15 is 0 Å². The molecule has 0 aromatic carbocycles. The van der Waals surface area contributed by atoms with Crippen molar-refractivity contribution in [1.29, 1.82) is 0 Å².